The minimum Gasteiger partial charge on any atom is -0.355 e. The molecule has 0 spiro atoms. The van der Waals surface area contributed by atoms with E-state index in [2.05, 4.69) is 22.2 Å². The van der Waals surface area contributed by atoms with Crippen LogP contribution < -0.4 is 10.2 Å². The van der Waals surface area contributed by atoms with Crippen LogP contribution in [0.15, 0.2) is 35.4 Å². The van der Waals surface area contributed by atoms with Crippen LogP contribution in [0.1, 0.15) is 38.3 Å². The molecule has 1 saturated heterocycles. The zero-order valence-electron chi connectivity index (χ0n) is 18.3. The molecule has 2 aliphatic heterocycles. The van der Waals surface area contributed by atoms with E-state index in [0.29, 0.717) is 18.3 Å². The smallest absolute Gasteiger partial charge is 0.240 e. The number of carbonyl (C=O) groups is 2. The summed E-state index contributed by atoms with van der Waals surface area (Å²) in [5.41, 5.74) is 2.46. The molecule has 8 heteroatoms. The molecule has 1 aromatic carbocycles. The van der Waals surface area contributed by atoms with Crippen molar-refractivity contribution in [3.63, 3.8) is 0 Å². The fraction of sp³-hybridized carbons (Fsp3) is 0.522. The summed E-state index contributed by atoms with van der Waals surface area (Å²) < 4.78 is 1.87. The lowest BCUT2D eigenvalue weighted by Crippen LogP contribution is -2.44. The summed E-state index contributed by atoms with van der Waals surface area (Å²) in [5.74, 6) is 0.140. The molecule has 1 atom stereocenters. The van der Waals surface area contributed by atoms with Crippen LogP contribution in [-0.2, 0) is 9.59 Å². The molecule has 7 nitrogen and oxygen atoms in total. The van der Waals surface area contributed by atoms with Crippen LogP contribution in [-0.4, -0.2) is 64.5 Å². The molecule has 0 bridgehead atoms. The molecule has 0 aliphatic carbocycles. The molecule has 2 amide bonds. The molecule has 1 N–H and O–H groups in total. The summed E-state index contributed by atoms with van der Waals surface area (Å²) in [4.78, 5) is 29.4. The Hall–Kier alpha value is -2.32. The summed E-state index contributed by atoms with van der Waals surface area (Å²) in [6, 6.07) is 10.5. The van der Waals surface area contributed by atoms with Crippen molar-refractivity contribution >= 4 is 29.3 Å². The Kier molecular flexibility index (Phi) is 6.97. The number of hydrogen-bond donors (Lipinski definition) is 1. The third-order valence-electron chi connectivity index (χ3n) is 6.08. The Balaban J connectivity index is 1.37. The van der Waals surface area contributed by atoms with Crippen molar-refractivity contribution in [2.75, 3.05) is 36.8 Å². The van der Waals surface area contributed by atoms with E-state index in [4.69, 9.17) is 0 Å². The molecule has 4 rings (SSSR count). The maximum atomic E-state index is 12.6. The Morgan fingerprint density at radius 2 is 2.06 bits per heavy atom. The zero-order chi connectivity index (χ0) is 21.8. The number of carbonyl (C=O) groups excluding carboxylic acids is 2. The number of likely N-dealkylation sites (tertiary alicyclic amines) is 1. The molecule has 2 aromatic rings. The molecule has 31 heavy (non-hydrogen) atoms. The topological polar surface area (TPSA) is 70.5 Å². The second-order valence-electron chi connectivity index (χ2n) is 8.34. The minimum absolute atomic E-state index is 0.0355. The van der Waals surface area contributed by atoms with E-state index < -0.39 is 0 Å². The summed E-state index contributed by atoms with van der Waals surface area (Å²) in [6.45, 7) is 7.01. The van der Waals surface area contributed by atoms with Crippen LogP contribution in [0.25, 0.3) is 5.69 Å². The number of aryl methyl sites for hydroxylation is 1. The van der Waals surface area contributed by atoms with Gasteiger partial charge in [-0.1, -0.05) is 36.4 Å². The van der Waals surface area contributed by atoms with Gasteiger partial charge in [0.15, 0.2) is 0 Å². The molecule has 166 valence electrons. The number of rotatable bonds is 7. The van der Waals surface area contributed by atoms with E-state index in [1.165, 1.54) is 31.0 Å². The first-order chi connectivity index (χ1) is 15.0. The molecular formula is C23H31N5O2S. The Bertz CT molecular complexity index is 930. The summed E-state index contributed by atoms with van der Waals surface area (Å²) in [6.07, 6.45) is 4.78. The molecule has 1 aromatic heterocycles. The third-order valence-corrected chi connectivity index (χ3v) is 7.11. The highest BCUT2D eigenvalue weighted by molar-refractivity contribution is 8.00. The molecule has 2 aliphatic rings. The lowest BCUT2D eigenvalue weighted by molar-refractivity contribution is -0.123. The van der Waals surface area contributed by atoms with Crippen LogP contribution in [0.2, 0.25) is 0 Å². The largest absolute Gasteiger partial charge is 0.355 e. The summed E-state index contributed by atoms with van der Waals surface area (Å²) in [7, 11) is 0. The van der Waals surface area contributed by atoms with Crippen molar-refractivity contribution in [3.05, 3.63) is 36.0 Å². The molecule has 0 unspecified atom stereocenters. The number of para-hydroxylation sites is 1. The van der Waals surface area contributed by atoms with Crippen molar-refractivity contribution in [2.45, 2.75) is 50.6 Å². The molecule has 3 heterocycles. The Morgan fingerprint density at radius 1 is 1.26 bits per heavy atom. The van der Waals surface area contributed by atoms with Gasteiger partial charge in [0, 0.05) is 19.1 Å². The van der Waals surface area contributed by atoms with Gasteiger partial charge in [0.25, 0.3) is 0 Å². The Morgan fingerprint density at radius 3 is 2.84 bits per heavy atom. The normalized spacial score (nSPS) is 19.4. The Labute approximate surface area is 188 Å². The van der Waals surface area contributed by atoms with E-state index in [-0.39, 0.29) is 18.4 Å². The number of piperidine rings is 1. The predicted octanol–water partition coefficient (Wildman–Crippen LogP) is 3.00. The highest BCUT2D eigenvalue weighted by Crippen LogP contribution is 2.39. The minimum atomic E-state index is -0.121. The lowest BCUT2D eigenvalue weighted by atomic mass is 10.0. The fourth-order valence-electron chi connectivity index (χ4n) is 4.38. The number of nitrogens with one attached hydrogen (secondary N) is 1. The number of anilines is 1. The quantitative estimate of drug-likeness (QED) is 0.669. The van der Waals surface area contributed by atoms with Gasteiger partial charge in [0.05, 0.1) is 22.8 Å². The van der Waals surface area contributed by atoms with E-state index in [1.807, 2.05) is 41.9 Å². The van der Waals surface area contributed by atoms with Crippen LogP contribution in [0, 0.1) is 6.92 Å². The maximum Gasteiger partial charge on any atom is 0.240 e. The highest BCUT2D eigenvalue weighted by atomic mass is 32.2. The average Bonchev–Trinajstić information content (AvgIpc) is 3.11. The number of amides is 2. The highest BCUT2D eigenvalue weighted by Gasteiger charge is 2.32. The van der Waals surface area contributed by atoms with Gasteiger partial charge in [-0.3, -0.25) is 14.5 Å². The van der Waals surface area contributed by atoms with Gasteiger partial charge in [0.2, 0.25) is 11.8 Å². The molecule has 1 fully saturated rings. The molecule has 0 radical (unpaired) electrons. The van der Waals surface area contributed by atoms with Crippen LogP contribution in [0.4, 0.5) is 5.69 Å². The van der Waals surface area contributed by atoms with E-state index in [1.54, 1.807) is 4.90 Å². The monoisotopic (exact) mass is 441 g/mol. The van der Waals surface area contributed by atoms with E-state index in [0.717, 1.165) is 41.6 Å². The van der Waals surface area contributed by atoms with Gasteiger partial charge >= 0.3 is 0 Å². The second-order valence-corrected chi connectivity index (χ2v) is 9.30. The first-order valence-corrected chi connectivity index (χ1v) is 12.1. The van der Waals surface area contributed by atoms with Crippen molar-refractivity contribution in [2.24, 2.45) is 0 Å². The van der Waals surface area contributed by atoms with Gasteiger partial charge in [0.1, 0.15) is 11.6 Å². The first-order valence-electron chi connectivity index (χ1n) is 11.1. The SMILES string of the molecule is Cc1nn(-c2ccccc2)c2c1N(CC(=O)NCCCN1CCCC[C@H]1C)C(=O)CS2. The maximum absolute atomic E-state index is 12.6. The van der Waals surface area contributed by atoms with E-state index >= 15 is 0 Å². The number of hydrogen-bond acceptors (Lipinski definition) is 5. The van der Waals surface area contributed by atoms with Crippen LogP contribution in [0.3, 0.4) is 0 Å². The summed E-state index contributed by atoms with van der Waals surface area (Å²) >= 11 is 1.48. The van der Waals surface area contributed by atoms with Crippen molar-refractivity contribution in [3.8, 4) is 5.69 Å². The predicted molar refractivity (Wildman–Crippen MR) is 124 cm³/mol. The van der Waals surface area contributed by atoms with Gasteiger partial charge < -0.3 is 10.2 Å². The number of aromatic nitrogens is 2. The zero-order valence-corrected chi connectivity index (χ0v) is 19.2. The molecule has 0 saturated carbocycles. The van der Waals surface area contributed by atoms with Gasteiger partial charge in [-0.15, -0.1) is 0 Å². The average molecular weight is 442 g/mol. The number of thioether (sulfide) groups is 1. The van der Waals surface area contributed by atoms with Crippen LogP contribution >= 0.6 is 11.8 Å². The third kappa shape index (κ3) is 4.96. The number of nitrogens with zero attached hydrogens (tertiary/aromatic N) is 4. The van der Waals surface area contributed by atoms with Gasteiger partial charge in [-0.05, 0) is 51.8 Å². The molecular weight excluding hydrogens is 410 g/mol. The van der Waals surface area contributed by atoms with E-state index in [9.17, 15) is 9.59 Å². The number of benzene rings is 1. The van der Waals surface area contributed by atoms with Crippen molar-refractivity contribution < 1.29 is 9.59 Å². The standard InChI is InChI=1S/C23H31N5O2S/c1-17-9-6-7-13-26(17)14-8-12-24-20(29)15-27-21(30)16-31-23-22(27)18(2)25-28(23)19-10-4-3-5-11-19/h3-5,10-11,17H,6-9,12-16H2,1-2H3,(H,24,29)/t17-/m1/s1. The first kappa shape index (κ1) is 21.9. The number of fused-ring (bicyclic) bond motifs is 1. The van der Waals surface area contributed by atoms with Gasteiger partial charge in [-0.25, -0.2) is 4.68 Å². The lowest BCUT2D eigenvalue weighted by Gasteiger charge is -2.33. The van der Waals surface area contributed by atoms with Crippen molar-refractivity contribution in [1.82, 2.24) is 20.0 Å². The van der Waals surface area contributed by atoms with Crippen LogP contribution in [0.5, 0.6) is 0 Å². The van der Waals surface area contributed by atoms with Gasteiger partial charge in [-0.2, -0.15) is 5.10 Å². The summed E-state index contributed by atoms with van der Waals surface area (Å²) in [5, 5.41) is 8.57. The van der Waals surface area contributed by atoms with Crippen molar-refractivity contribution in [1.29, 1.82) is 0 Å². The second kappa shape index (κ2) is 9.87. The fourth-order valence-corrected chi connectivity index (χ4v) is 5.46.